The first-order valence-corrected chi connectivity index (χ1v) is 5.52. The predicted molar refractivity (Wildman–Crippen MR) is 65.6 cm³/mol. The van der Waals surface area contributed by atoms with Crippen LogP contribution in [0, 0.1) is 0 Å². The average Bonchev–Trinajstić information content (AvgIpc) is 2.78. The van der Waals surface area contributed by atoms with Gasteiger partial charge in [0, 0.05) is 17.3 Å². The van der Waals surface area contributed by atoms with Crippen LogP contribution in [0.5, 0.6) is 0 Å². The molecule has 0 aliphatic rings. The summed E-state index contributed by atoms with van der Waals surface area (Å²) in [7, 11) is 1.33. The molecule has 0 saturated carbocycles. The number of hydrogen-bond donors (Lipinski definition) is 2. The summed E-state index contributed by atoms with van der Waals surface area (Å²) >= 11 is 0. The molecule has 0 aliphatic heterocycles. The molecule has 2 N–H and O–H groups in total. The Morgan fingerprint density at radius 1 is 1.33 bits per heavy atom. The zero-order chi connectivity index (χ0) is 13.1. The molecule has 0 atom stereocenters. The average molecular weight is 247 g/mol. The Kier molecular flexibility index (Phi) is 3.32. The van der Waals surface area contributed by atoms with Gasteiger partial charge in [0.2, 0.25) is 0 Å². The monoisotopic (exact) mass is 247 g/mol. The zero-order valence-corrected chi connectivity index (χ0v) is 9.90. The summed E-state index contributed by atoms with van der Waals surface area (Å²) in [5, 5.41) is 9.53. The predicted octanol–water partition coefficient (Wildman–Crippen LogP) is 1.97. The van der Waals surface area contributed by atoms with Crippen LogP contribution in [0.2, 0.25) is 0 Å². The number of aromatic amines is 1. The molecule has 2 aromatic rings. The second kappa shape index (κ2) is 4.91. The number of aryl methyl sites for hydroxylation is 1. The molecular formula is C13H13NO4. The van der Waals surface area contributed by atoms with Crippen molar-refractivity contribution in [3.63, 3.8) is 0 Å². The number of methoxy groups -OCH3 is 1. The number of aliphatic carboxylic acids is 1. The third kappa shape index (κ3) is 2.51. The highest BCUT2D eigenvalue weighted by atomic mass is 16.5. The van der Waals surface area contributed by atoms with E-state index in [-0.39, 0.29) is 6.42 Å². The van der Waals surface area contributed by atoms with E-state index in [4.69, 9.17) is 5.11 Å². The summed E-state index contributed by atoms with van der Waals surface area (Å²) in [5.41, 5.74) is 2.12. The quantitative estimate of drug-likeness (QED) is 0.809. The van der Waals surface area contributed by atoms with Gasteiger partial charge in [-0.2, -0.15) is 0 Å². The van der Waals surface area contributed by atoms with Crippen LogP contribution in [0.25, 0.3) is 10.9 Å². The fourth-order valence-electron chi connectivity index (χ4n) is 1.80. The van der Waals surface area contributed by atoms with Crippen molar-refractivity contribution >= 4 is 22.8 Å². The summed E-state index contributed by atoms with van der Waals surface area (Å²) in [6.45, 7) is 0. The van der Waals surface area contributed by atoms with E-state index in [1.807, 2.05) is 18.2 Å². The Labute approximate surface area is 103 Å². The van der Waals surface area contributed by atoms with Crippen LogP contribution in [-0.2, 0) is 16.0 Å². The van der Waals surface area contributed by atoms with E-state index in [9.17, 15) is 9.59 Å². The molecule has 1 aromatic carbocycles. The van der Waals surface area contributed by atoms with Gasteiger partial charge in [0.05, 0.1) is 7.11 Å². The molecule has 0 aliphatic carbocycles. The molecule has 0 bridgehead atoms. The molecule has 0 fully saturated rings. The van der Waals surface area contributed by atoms with Crippen LogP contribution in [0.4, 0.5) is 0 Å². The van der Waals surface area contributed by atoms with E-state index in [1.165, 1.54) is 7.11 Å². The number of nitrogens with one attached hydrogen (secondary N) is 1. The van der Waals surface area contributed by atoms with Crippen molar-refractivity contribution in [3.8, 4) is 0 Å². The van der Waals surface area contributed by atoms with Crippen LogP contribution in [0.15, 0.2) is 24.3 Å². The van der Waals surface area contributed by atoms with Crippen LogP contribution in [0.3, 0.4) is 0 Å². The molecule has 94 valence electrons. The summed E-state index contributed by atoms with van der Waals surface area (Å²) in [4.78, 5) is 24.8. The number of ether oxygens (including phenoxy) is 1. The minimum absolute atomic E-state index is 0.0933. The van der Waals surface area contributed by atoms with E-state index in [0.29, 0.717) is 12.1 Å². The Morgan fingerprint density at radius 3 is 2.78 bits per heavy atom. The van der Waals surface area contributed by atoms with E-state index < -0.39 is 11.9 Å². The molecule has 0 spiro atoms. The number of fused-ring (bicyclic) bond motifs is 1. The van der Waals surface area contributed by atoms with Crippen molar-refractivity contribution < 1.29 is 19.4 Å². The molecule has 1 heterocycles. The number of carbonyl (C=O) groups is 2. The number of aromatic nitrogens is 1. The highest BCUT2D eigenvalue weighted by Gasteiger charge is 2.09. The van der Waals surface area contributed by atoms with Gasteiger partial charge in [0.15, 0.2) is 0 Å². The summed E-state index contributed by atoms with van der Waals surface area (Å²) in [6.07, 6.45) is 0.563. The maximum Gasteiger partial charge on any atom is 0.354 e. The van der Waals surface area contributed by atoms with E-state index in [0.717, 1.165) is 16.5 Å². The van der Waals surface area contributed by atoms with Crippen molar-refractivity contribution in [2.75, 3.05) is 7.11 Å². The fourth-order valence-corrected chi connectivity index (χ4v) is 1.80. The largest absolute Gasteiger partial charge is 0.481 e. The summed E-state index contributed by atoms with van der Waals surface area (Å²) in [6, 6.07) is 7.28. The third-order valence-electron chi connectivity index (χ3n) is 2.72. The molecule has 18 heavy (non-hydrogen) atoms. The molecule has 0 unspecified atom stereocenters. The number of hydrogen-bond acceptors (Lipinski definition) is 3. The number of carboxylic acid groups (broad SMARTS) is 1. The highest BCUT2D eigenvalue weighted by molar-refractivity contribution is 5.94. The first-order chi connectivity index (χ1) is 8.60. The lowest BCUT2D eigenvalue weighted by molar-refractivity contribution is -0.136. The Balaban J connectivity index is 2.27. The van der Waals surface area contributed by atoms with Gasteiger partial charge in [-0.25, -0.2) is 4.79 Å². The van der Waals surface area contributed by atoms with Crippen molar-refractivity contribution in [2.24, 2.45) is 0 Å². The lowest BCUT2D eigenvalue weighted by Gasteiger charge is -1.98. The maximum absolute atomic E-state index is 11.4. The lowest BCUT2D eigenvalue weighted by Crippen LogP contribution is -2.00. The SMILES string of the molecule is COC(=O)c1cc2ccc(CCC(=O)O)cc2[nH]1. The van der Waals surface area contributed by atoms with Crippen LogP contribution >= 0.6 is 0 Å². The first kappa shape index (κ1) is 12.2. The molecule has 0 saturated heterocycles. The molecule has 5 heteroatoms. The van der Waals surface area contributed by atoms with Gasteiger partial charge in [-0.3, -0.25) is 4.79 Å². The van der Waals surface area contributed by atoms with Gasteiger partial charge in [-0.1, -0.05) is 12.1 Å². The van der Waals surface area contributed by atoms with Gasteiger partial charge >= 0.3 is 11.9 Å². The zero-order valence-electron chi connectivity index (χ0n) is 9.90. The molecule has 0 amide bonds. The standard InChI is InChI=1S/C13H13NO4/c1-18-13(17)11-7-9-4-2-8(3-5-12(15)16)6-10(9)14-11/h2,4,6-7,14H,3,5H2,1H3,(H,15,16). The minimum Gasteiger partial charge on any atom is -0.481 e. The molecular weight excluding hydrogens is 234 g/mol. The van der Waals surface area contributed by atoms with Crippen molar-refractivity contribution in [1.29, 1.82) is 0 Å². The van der Waals surface area contributed by atoms with Crippen LogP contribution < -0.4 is 0 Å². The maximum atomic E-state index is 11.4. The molecule has 5 nitrogen and oxygen atoms in total. The van der Waals surface area contributed by atoms with Crippen molar-refractivity contribution in [2.45, 2.75) is 12.8 Å². The number of rotatable bonds is 4. The molecule has 2 rings (SSSR count). The minimum atomic E-state index is -0.822. The second-order valence-electron chi connectivity index (χ2n) is 3.99. The first-order valence-electron chi connectivity index (χ1n) is 5.52. The number of H-pyrrole nitrogens is 1. The van der Waals surface area contributed by atoms with E-state index in [2.05, 4.69) is 9.72 Å². The molecule has 1 aromatic heterocycles. The van der Waals surface area contributed by atoms with E-state index >= 15 is 0 Å². The Morgan fingerprint density at radius 2 is 2.11 bits per heavy atom. The highest BCUT2D eigenvalue weighted by Crippen LogP contribution is 2.18. The Bertz CT molecular complexity index is 600. The van der Waals surface area contributed by atoms with Gasteiger partial charge in [-0.15, -0.1) is 0 Å². The number of carbonyl (C=O) groups excluding carboxylic acids is 1. The van der Waals surface area contributed by atoms with Crippen molar-refractivity contribution in [1.82, 2.24) is 4.98 Å². The van der Waals surface area contributed by atoms with Crippen LogP contribution in [-0.4, -0.2) is 29.1 Å². The Hall–Kier alpha value is -2.30. The van der Waals surface area contributed by atoms with Gasteiger partial charge in [0.1, 0.15) is 5.69 Å². The summed E-state index contributed by atoms with van der Waals surface area (Å²) < 4.78 is 4.63. The fraction of sp³-hybridized carbons (Fsp3) is 0.231. The normalized spacial score (nSPS) is 10.5. The number of carboxylic acids is 1. The van der Waals surface area contributed by atoms with Crippen LogP contribution in [0.1, 0.15) is 22.5 Å². The summed E-state index contributed by atoms with van der Waals surface area (Å²) in [5.74, 6) is -1.24. The van der Waals surface area contributed by atoms with Gasteiger partial charge < -0.3 is 14.8 Å². The topological polar surface area (TPSA) is 79.4 Å². The smallest absolute Gasteiger partial charge is 0.354 e. The molecule has 0 radical (unpaired) electrons. The second-order valence-corrected chi connectivity index (χ2v) is 3.99. The number of benzene rings is 1. The lowest BCUT2D eigenvalue weighted by atomic mass is 10.1. The third-order valence-corrected chi connectivity index (χ3v) is 2.72. The van der Waals surface area contributed by atoms with Gasteiger partial charge in [0.25, 0.3) is 0 Å². The van der Waals surface area contributed by atoms with E-state index in [1.54, 1.807) is 6.07 Å². The van der Waals surface area contributed by atoms with Gasteiger partial charge in [-0.05, 0) is 24.1 Å². The van der Waals surface area contributed by atoms with Crippen molar-refractivity contribution in [3.05, 3.63) is 35.5 Å². The number of esters is 1.